The molecule has 0 atom stereocenters. The van der Waals surface area contributed by atoms with Crippen molar-refractivity contribution in [1.82, 2.24) is 0 Å². The van der Waals surface area contributed by atoms with Gasteiger partial charge in [-0.3, -0.25) is 24.6 Å². The second kappa shape index (κ2) is 7.23. The molecule has 2 N–H and O–H groups in total. The molecule has 0 aromatic heterocycles. The number of nitro benzene ring substituents is 1. The number of hydrogen-bond acceptors (Lipinski definition) is 6. The van der Waals surface area contributed by atoms with E-state index in [1.54, 1.807) is 0 Å². The highest BCUT2D eigenvalue weighted by atomic mass is 16.6. The van der Waals surface area contributed by atoms with Gasteiger partial charge in [-0.2, -0.15) is 0 Å². The molecule has 2 amide bonds. The predicted molar refractivity (Wildman–Crippen MR) is 102 cm³/mol. The van der Waals surface area contributed by atoms with Crippen LogP contribution in [0.25, 0.3) is 0 Å². The standard InChI is InChI=1S/C19H17N3O7/c1-19(2)18(26)21(14-8-11(17(24)25)6-7-15(14)29-19)10-16(23)20-12-4-3-5-13(9-12)22(27)28/h3-9H,10H2,1-2H3,(H,20,23)(H,24,25). The zero-order chi connectivity index (χ0) is 21.3. The molecular weight excluding hydrogens is 382 g/mol. The Morgan fingerprint density at radius 2 is 1.97 bits per heavy atom. The summed E-state index contributed by atoms with van der Waals surface area (Å²) in [6.45, 7) is 2.65. The van der Waals surface area contributed by atoms with Crippen molar-refractivity contribution in [2.24, 2.45) is 0 Å². The third kappa shape index (κ3) is 4.00. The summed E-state index contributed by atoms with van der Waals surface area (Å²) in [5.41, 5.74) is -1.16. The monoisotopic (exact) mass is 399 g/mol. The minimum absolute atomic E-state index is 0.0658. The number of ether oxygens (including phenoxy) is 1. The van der Waals surface area contributed by atoms with Crippen LogP contribution >= 0.6 is 0 Å². The van der Waals surface area contributed by atoms with Gasteiger partial charge in [0.05, 0.1) is 16.2 Å². The maximum Gasteiger partial charge on any atom is 0.335 e. The number of aromatic carboxylic acids is 1. The van der Waals surface area contributed by atoms with Crippen LogP contribution in [0.4, 0.5) is 17.1 Å². The molecule has 1 heterocycles. The van der Waals surface area contributed by atoms with Crippen molar-refractivity contribution in [2.45, 2.75) is 19.4 Å². The Bertz CT molecular complexity index is 1030. The Balaban J connectivity index is 1.89. The number of fused-ring (bicyclic) bond motifs is 1. The van der Waals surface area contributed by atoms with E-state index in [4.69, 9.17) is 4.74 Å². The average Bonchev–Trinajstić information content (AvgIpc) is 2.65. The lowest BCUT2D eigenvalue weighted by atomic mass is 10.0. The van der Waals surface area contributed by atoms with Crippen LogP contribution in [0.2, 0.25) is 0 Å². The van der Waals surface area contributed by atoms with Crippen molar-refractivity contribution < 1.29 is 29.2 Å². The minimum atomic E-state index is -1.26. The summed E-state index contributed by atoms with van der Waals surface area (Å²) in [6.07, 6.45) is 0. The van der Waals surface area contributed by atoms with Gasteiger partial charge in [0.1, 0.15) is 12.3 Å². The number of anilines is 2. The Morgan fingerprint density at radius 1 is 1.24 bits per heavy atom. The summed E-state index contributed by atoms with van der Waals surface area (Å²) < 4.78 is 5.65. The van der Waals surface area contributed by atoms with Gasteiger partial charge in [-0.1, -0.05) is 6.07 Å². The highest BCUT2D eigenvalue weighted by Crippen LogP contribution is 2.38. The third-order valence-electron chi connectivity index (χ3n) is 4.26. The fourth-order valence-corrected chi connectivity index (χ4v) is 2.90. The molecule has 0 saturated heterocycles. The molecule has 29 heavy (non-hydrogen) atoms. The minimum Gasteiger partial charge on any atom is -0.478 e. The molecule has 0 saturated carbocycles. The molecule has 0 aliphatic carbocycles. The molecule has 1 aliphatic rings. The van der Waals surface area contributed by atoms with Crippen LogP contribution in [0.3, 0.4) is 0 Å². The SMILES string of the molecule is CC1(C)Oc2ccc(C(=O)O)cc2N(CC(=O)Nc2cccc([N+](=O)[O-])c2)C1=O. The summed E-state index contributed by atoms with van der Waals surface area (Å²) in [6, 6.07) is 9.41. The number of carbonyl (C=O) groups is 3. The number of nitrogens with one attached hydrogen (secondary N) is 1. The number of non-ortho nitro benzene ring substituents is 1. The van der Waals surface area contributed by atoms with E-state index in [0.717, 1.165) is 4.90 Å². The van der Waals surface area contributed by atoms with E-state index in [-0.39, 0.29) is 28.4 Å². The van der Waals surface area contributed by atoms with Crippen LogP contribution in [-0.4, -0.2) is 40.0 Å². The molecule has 0 fully saturated rings. The zero-order valence-electron chi connectivity index (χ0n) is 15.5. The van der Waals surface area contributed by atoms with E-state index < -0.39 is 34.9 Å². The van der Waals surface area contributed by atoms with Crippen LogP contribution in [0, 0.1) is 10.1 Å². The van der Waals surface area contributed by atoms with Gasteiger partial charge in [-0.15, -0.1) is 0 Å². The van der Waals surface area contributed by atoms with Crippen molar-refractivity contribution >= 4 is 34.8 Å². The van der Waals surface area contributed by atoms with Crippen molar-refractivity contribution in [3.8, 4) is 5.75 Å². The number of benzene rings is 2. The first-order chi connectivity index (χ1) is 13.6. The molecule has 0 bridgehead atoms. The second-order valence-corrected chi connectivity index (χ2v) is 6.85. The van der Waals surface area contributed by atoms with Gasteiger partial charge in [-0.25, -0.2) is 4.79 Å². The van der Waals surface area contributed by atoms with E-state index in [1.807, 2.05) is 0 Å². The lowest BCUT2D eigenvalue weighted by Crippen LogP contribution is -2.54. The Kier molecular flexibility index (Phi) is 4.93. The average molecular weight is 399 g/mol. The molecule has 0 unspecified atom stereocenters. The topological polar surface area (TPSA) is 139 Å². The molecule has 150 valence electrons. The third-order valence-corrected chi connectivity index (χ3v) is 4.26. The van der Waals surface area contributed by atoms with E-state index in [9.17, 15) is 29.6 Å². The van der Waals surface area contributed by atoms with Crippen molar-refractivity contribution in [3.05, 3.63) is 58.1 Å². The number of hydrogen-bond donors (Lipinski definition) is 2. The fraction of sp³-hybridized carbons (Fsp3) is 0.211. The highest BCUT2D eigenvalue weighted by Gasteiger charge is 2.41. The Morgan fingerprint density at radius 3 is 2.62 bits per heavy atom. The number of carbonyl (C=O) groups excluding carboxylic acids is 2. The fourth-order valence-electron chi connectivity index (χ4n) is 2.90. The smallest absolute Gasteiger partial charge is 0.335 e. The largest absolute Gasteiger partial charge is 0.478 e. The molecule has 1 aliphatic heterocycles. The summed E-state index contributed by atoms with van der Waals surface area (Å²) >= 11 is 0. The number of nitro groups is 1. The predicted octanol–water partition coefficient (Wildman–Crippen LogP) is 2.44. The molecule has 10 nitrogen and oxygen atoms in total. The van der Waals surface area contributed by atoms with Gasteiger partial charge in [0.25, 0.3) is 11.6 Å². The number of carboxylic acid groups (broad SMARTS) is 1. The van der Waals surface area contributed by atoms with Crippen LogP contribution < -0.4 is 15.0 Å². The van der Waals surface area contributed by atoms with Gasteiger partial charge in [-0.05, 0) is 38.1 Å². The zero-order valence-corrected chi connectivity index (χ0v) is 15.5. The molecule has 0 spiro atoms. The molecule has 0 radical (unpaired) electrons. The van der Waals surface area contributed by atoms with E-state index in [2.05, 4.69) is 5.32 Å². The van der Waals surface area contributed by atoms with Gasteiger partial charge < -0.3 is 15.2 Å². The van der Waals surface area contributed by atoms with E-state index in [1.165, 1.54) is 56.3 Å². The molecule has 2 aromatic rings. The Labute approximate surface area is 164 Å². The quantitative estimate of drug-likeness (QED) is 0.581. The summed E-state index contributed by atoms with van der Waals surface area (Å²) in [5, 5.41) is 22.6. The van der Waals surface area contributed by atoms with E-state index >= 15 is 0 Å². The molecular formula is C19H17N3O7. The molecule has 3 rings (SSSR count). The first-order valence-electron chi connectivity index (χ1n) is 8.51. The lowest BCUT2D eigenvalue weighted by molar-refractivity contribution is -0.384. The van der Waals surface area contributed by atoms with Gasteiger partial charge >= 0.3 is 5.97 Å². The van der Waals surface area contributed by atoms with Gasteiger partial charge in [0.15, 0.2) is 5.60 Å². The van der Waals surface area contributed by atoms with E-state index in [0.29, 0.717) is 0 Å². The van der Waals surface area contributed by atoms with Crippen LogP contribution in [0.15, 0.2) is 42.5 Å². The van der Waals surface area contributed by atoms with Crippen LogP contribution in [-0.2, 0) is 9.59 Å². The number of carboxylic acids is 1. The summed E-state index contributed by atoms with van der Waals surface area (Å²) in [7, 11) is 0. The molecule has 2 aromatic carbocycles. The summed E-state index contributed by atoms with van der Waals surface area (Å²) in [4.78, 5) is 48.0. The first-order valence-corrected chi connectivity index (χ1v) is 8.51. The Hall–Kier alpha value is -3.95. The van der Waals surface area contributed by atoms with Crippen LogP contribution in [0.1, 0.15) is 24.2 Å². The number of rotatable bonds is 5. The normalized spacial score (nSPS) is 14.6. The number of amides is 2. The van der Waals surface area contributed by atoms with Crippen LogP contribution in [0.5, 0.6) is 5.75 Å². The van der Waals surface area contributed by atoms with Gasteiger partial charge in [0.2, 0.25) is 5.91 Å². The molecule has 10 heteroatoms. The lowest BCUT2D eigenvalue weighted by Gasteiger charge is -2.38. The first kappa shape index (κ1) is 19.8. The maximum absolute atomic E-state index is 12.8. The van der Waals surface area contributed by atoms with Crippen molar-refractivity contribution in [1.29, 1.82) is 0 Å². The number of nitrogens with zero attached hydrogens (tertiary/aromatic N) is 2. The maximum atomic E-state index is 12.8. The summed E-state index contributed by atoms with van der Waals surface area (Å²) in [5.74, 6) is -2.06. The van der Waals surface area contributed by atoms with Crippen molar-refractivity contribution in [3.63, 3.8) is 0 Å². The van der Waals surface area contributed by atoms with Gasteiger partial charge in [0, 0.05) is 17.8 Å². The van der Waals surface area contributed by atoms with Crippen molar-refractivity contribution in [2.75, 3.05) is 16.8 Å². The second-order valence-electron chi connectivity index (χ2n) is 6.85. The highest BCUT2D eigenvalue weighted by molar-refractivity contribution is 6.08.